The molecule has 4 rings (SSSR count). The molecule has 0 unspecified atom stereocenters. The van der Waals surface area contributed by atoms with Gasteiger partial charge in [0.15, 0.2) is 5.65 Å². The van der Waals surface area contributed by atoms with Crippen LogP contribution in [0, 0.1) is 6.92 Å². The van der Waals surface area contributed by atoms with Crippen molar-refractivity contribution in [1.82, 2.24) is 29.2 Å². The smallest absolute Gasteiger partial charge is 0.330 e. The number of ether oxygens (including phenoxy) is 1. The van der Waals surface area contributed by atoms with Crippen LogP contribution >= 0.6 is 0 Å². The van der Waals surface area contributed by atoms with Gasteiger partial charge in [0.05, 0.1) is 12.1 Å². The summed E-state index contributed by atoms with van der Waals surface area (Å²) in [7, 11) is 5.84. The van der Waals surface area contributed by atoms with E-state index in [1.165, 1.54) is 0 Å². The van der Waals surface area contributed by atoms with Crippen LogP contribution in [0.3, 0.4) is 0 Å². The van der Waals surface area contributed by atoms with E-state index in [4.69, 9.17) is 4.74 Å². The van der Waals surface area contributed by atoms with Gasteiger partial charge in [0.1, 0.15) is 5.52 Å². The molecule has 0 atom stereocenters. The first-order valence-electron chi connectivity index (χ1n) is 10.9. The molecule has 0 aliphatic rings. The highest BCUT2D eigenvalue weighted by molar-refractivity contribution is 6.03. The second kappa shape index (κ2) is 8.70. The van der Waals surface area contributed by atoms with Gasteiger partial charge in [0.2, 0.25) is 5.88 Å². The van der Waals surface area contributed by atoms with Gasteiger partial charge in [0, 0.05) is 42.8 Å². The zero-order chi connectivity index (χ0) is 23.0. The molecule has 8 heteroatoms. The van der Waals surface area contributed by atoms with Gasteiger partial charge in [-0.2, -0.15) is 0 Å². The van der Waals surface area contributed by atoms with Crippen molar-refractivity contribution < 1.29 is 4.74 Å². The summed E-state index contributed by atoms with van der Waals surface area (Å²) in [5.74, 6) is 0.621. The first-order valence-corrected chi connectivity index (χ1v) is 10.9. The summed E-state index contributed by atoms with van der Waals surface area (Å²) in [6, 6.07) is 8.05. The molecular formula is C24H30N6O2. The lowest BCUT2D eigenvalue weighted by molar-refractivity contribution is 0.273. The zero-order valence-electron chi connectivity index (χ0n) is 19.6. The largest absolute Gasteiger partial charge is 0.478 e. The average Bonchev–Trinajstić information content (AvgIpc) is 3.02. The quantitative estimate of drug-likeness (QED) is 0.414. The Morgan fingerprint density at radius 2 is 1.94 bits per heavy atom. The molecule has 3 aromatic heterocycles. The van der Waals surface area contributed by atoms with Crippen molar-refractivity contribution in [3.63, 3.8) is 0 Å². The van der Waals surface area contributed by atoms with Crippen LogP contribution in [0.25, 0.3) is 33.2 Å². The van der Waals surface area contributed by atoms with Crippen LogP contribution in [0.2, 0.25) is 0 Å². The summed E-state index contributed by atoms with van der Waals surface area (Å²) in [6.07, 6.45) is 2.79. The van der Waals surface area contributed by atoms with E-state index in [0.717, 1.165) is 46.1 Å². The topological polar surface area (TPSA) is 78.1 Å². The number of aromatic nitrogens is 5. The third-order valence-corrected chi connectivity index (χ3v) is 5.68. The molecule has 0 saturated carbocycles. The van der Waals surface area contributed by atoms with E-state index in [1.54, 1.807) is 16.2 Å². The van der Waals surface area contributed by atoms with Crippen LogP contribution in [0.1, 0.15) is 31.9 Å². The second-order valence-corrected chi connectivity index (χ2v) is 8.75. The third kappa shape index (κ3) is 3.98. The van der Waals surface area contributed by atoms with Crippen LogP contribution in [0.15, 0.2) is 35.3 Å². The Kier molecular flexibility index (Phi) is 5.97. The minimum Gasteiger partial charge on any atom is -0.478 e. The lowest BCUT2D eigenvalue weighted by Gasteiger charge is -2.12. The Morgan fingerprint density at radius 1 is 1.16 bits per heavy atom. The predicted octanol–water partition coefficient (Wildman–Crippen LogP) is 3.57. The van der Waals surface area contributed by atoms with Crippen LogP contribution in [0.5, 0.6) is 5.88 Å². The van der Waals surface area contributed by atoms with Gasteiger partial charge >= 0.3 is 5.69 Å². The maximum absolute atomic E-state index is 12.8. The number of benzene rings is 1. The molecule has 0 spiro atoms. The van der Waals surface area contributed by atoms with E-state index in [2.05, 4.69) is 26.1 Å². The molecule has 32 heavy (non-hydrogen) atoms. The maximum atomic E-state index is 12.8. The summed E-state index contributed by atoms with van der Waals surface area (Å²) in [4.78, 5) is 19.4. The summed E-state index contributed by atoms with van der Waals surface area (Å²) in [6.45, 7) is 7.67. The molecule has 8 nitrogen and oxygen atoms in total. The van der Waals surface area contributed by atoms with Crippen molar-refractivity contribution in [1.29, 1.82) is 0 Å². The van der Waals surface area contributed by atoms with Crippen LogP contribution in [0.4, 0.5) is 0 Å². The fourth-order valence-electron chi connectivity index (χ4n) is 4.02. The van der Waals surface area contributed by atoms with Crippen molar-refractivity contribution in [3.05, 3.63) is 46.5 Å². The van der Waals surface area contributed by atoms with E-state index >= 15 is 0 Å². The summed E-state index contributed by atoms with van der Waals surface area (Å²) in [5, 5.41) is 9.63. The van der Waals surface area contributed by atoms with E-state index < -0.39 is 0 Å². The van der Waals surface area contributed by atoms with E-state index in [0.29, 0.717) is 18.1 Å². The fraction of sp³-hybridized carbons (Fsp3) is 0.417. The second-order valence-electron chi connectivity index (χ2n) is 8.75. The van der Waals surface area contributed by atoms with E-state index in [9.17, 15) is 4.79 Å². The van der Waals surface area contributed by atoms with Gasteiger partial charge in [-0.25, -0.2) is 9.78 Å². The Balaban J connectivity index is 1.75. The fourth-order valence-corrected chi connectivity index (χ4v) is 4.02. The number of hydrogen-bond acceptors (Lipinski definition) is 6. The highest BCUT2D eigenvalue weighted by Gasteiger charge is 2.19. The lowest BCUT2D eigenvalue weighted by Crippen LogP contribution is -2.23. The van der Waals surface area contributed by atoms with Gasteiger partial charge in [-0.1, -0.05) is 0 Å². The minimum atomic E-state index is -0.0867. The molecule has 168 valence electrons. The number of rotatable bonds is 7. The highest BCUT2D eigenvalue weighted by Crippen LogP contribution is 2.31. The van der Waals surface area contributed by atoms with Gasteiger partial charge in [0.25, 0.3) is 0 Å². The Morgan fingerprint density at radius 3 is 2.59 bits per heavy atom. The van der Waals surface area contributed by atoms with Gasteiger partial charge < -0.3 is 9.64 Å². The zero-order valence-corrected chi connectivity index (χ0v) is 19.6. The first kappa shape index (κ1) is 22.0. The molecule has 0 bridgehead atoms. The standard InChI is InChI=1S/C24H30N6O2/c1-15(2)30-22-19-13-18(16(3)12-20(19)26-27-23(22)29(6)24(30)31)17-8-9-21(25-14-17)32-11-7-10-28(4)5/h8-9,12-15H,7,10-11H2,1-6H3. The summed E-state index contributed by atoms with van der Waals surface area (Å²) in [5.41, 5.74) is 5.19. The number of aryl methyl sites for hydroxylation is 2. The van der Waals surface area contributed by atoms with Gasteiger partial charge in [-0.05, 0) is 70.6 Å². The maximum Gasteiger partial charge on any atom is 0.330 e. The number of nitrogens with zero attached hydrogens (tertiary/aromatic N) is 6. The molecule has 0 radical (unpaired) electrons. The van der Waals surface area contributed by atoms with Crippen molar-refractivity contribution in [2.24, 2.45) is 7.05 Å². The highest BCUT2D eigenvalue weighted by atomic mass is 16.5. The van der Waals surface area contributed by atoms with Crippen LogP contribution in [-0.4, -0.2) is 56.5 Å². The number of imidazole rings is 1. The first-order chi connectivity index (χ1) is 15.3. The van der Waals surface area contributed by atoms with Crippen molar-refractivity contribution in [3.8, 4) is 17.0 Å². The lowest BCUT2D eigenvalue weighted by atomic mass is 9.99. The molecule has 4 aromatic rings. The summed E-state index contributed by atoms with van der Waals surface area (Å²) < 4.78 is 9.11. The molecule has 0 saturated heterocycles. The third-order valence-electron chi connectivity index (χ3n) is 5.68. The van der Waals surface area contributed by atoms with Gasteiger partial charge in [-0.15, -0.1) is 10.2 Å². The van der Waals surface area contributed by atoms with Crippen molar-refractivity contribution in [2.45, 2.75) is 33.2 Å². The van der Waals surface area contributed by atoms with E-state index in [1.807, 2.05) is 59.3 Å². The molecule has 1 aromatic carbocycles. The monoisotopic (exact) mass is 434 g/mol. The predicted molar refractivity (Wildman–Crippen MR) is 127 cm³/mol. The van der Waals surface area contributed by atoms with Crippen molar-refractivity contribution >= 4 is 22.1 Å². The van der Waals surface area contributed by atoms with Crippen molar-refractivity contribution in [2.75, 3.05) is 27.2 Å². The minimum absolute atomic E-state index is 0.00828. The Labute approximate surface area is 187 Å². The Bertz CT molecular complexity index is 1320. The van der Waals surface area contributed by atoms with Crippen LogP contribution in [-0.2, 0) is 7.05 Å². The number of hydrogen-bond donors (Lipinski definition) is 0. The van der Waals surface area contributed by atoms with E-state index in [-0.39, 0.29) is 11.7 Å². The molecule has 0 aliphatic heterocycles. The molecule has 3 heterocycles. The normalized spacial score (nSPS) is 11.9. The molecule has 0 amide bonds. The van der Waals surface area contributed by atoms with Crippen LogP contribution < -0.4 is 10.4 Å². The molecule has 0 aliphatic carbocycles. The molecule has 0 fully saturated rings. The average molecular weight is 435 g/mol. The Hall–Kier alpha value is -3.26. The number of fused-ring (bicyclic) bond motifs is 3. The molecule has 0 N–H and O–H groups in total. The SMILES string of the molecule is Cc1cc2nnc3c(c2cc1-c1ccc(OCCCN(C)C)nc1)n(C(C)C)c(=O)n3C. The van der Waals surface area contributed by atoms with Gasteiger partial charge in [-0.3, -0.25) is 9.13 Å². The molecular weight excluding hydrogens is 404 g/mol. The number of pyridine rings is 1. The summed E-state index contributed by atoms with van der Waals surface area (Å²) >= 11 is 0.